The first-order valence-electron chi connectivity index (χ1n) is 10.9. The number of hydrogen-bond donors (Lipinski definition) is 0. The zero-order valence-corrected chi connectivity index (χ0v) is 18.9. The van der Waals surface area contributed by atoms with E-state index in [2.05, 4.69) is 26.0 Å². The van der Waals surface area contributed by atoms with Gasteiger partial charge in [-0.2, -0.15) is 0 Å². The van der Waals surface area contributed by atoms with Gasteiger partial charge in [0.2, 0.25) is 5.76 Å². The number of carbonyl (C=O) groups is 1. The van der Waals surface area contributed by atoms with Crippen LogP contribution in [-0.2, 0) is 0 Å². The van der Waals surface area contributed by atoms with Crippen LogP contribution in [0.5, 0.6) is 0 Å². The van der Waals surface area contributed by atoms with Crippen LogP contribution in [-0.4, -0.2) is 10.9 Å². The first-order valence-corrected chi connectivity index (χ1v) is 11.7. The van der Waals surface area contributed by atoms with Crippen molar-refractivity contribution in [2.75, 3.05) is 4.90 Å². The number of amides is 1. The van der Waals surface area contributed by atoms with Crippen LogP contribution in [0.1, 0.15) is 53.1 Å². The van der Waals surface area contributed by atoms with Crippen molar-refractivity contribution in [1.82, 2.24) is 4.98 Å². The fraction of sp³-hybridized carbons (Fsp3) is 0.148. The monoisotopic (exact) mass is 452 g/mol. The van der Waals surface area contributed by atoms with Gasteiger partial charge in [0.15, 0.2) is 10.6 Å². The van der Waals surface area contributed by atoms with Gasteiger partial charge in [0.25, 0.3) is 5.91 Å². The summed E-state index contributed by atoms with van der Waals surface area (Å²) >= 11 is 1.46. The molecule has 5 aromatic rings. The number of aromatic nitrogens is 1. The minimum absolute atomic E-state index is 0.0923. The Morgan fingerprint density at radius 3 is 2.52 bits per heavy atom. The molecule has 0 spiro atoms. The Kier molecular flexibility index (Phi) is 4.45. The molecule has 1 amide bonds. The third kappa shape index (κ3) is 3.02. The molecule has 0 saturated heterocycles. The fourth-order valence-corrected chi connectivity index (χ4v) is 5.50. The highest BCUT2D eigenvalue weighted by Gasteiger charge is 2.44. The molecule has 1 atom stereocenters. The zero-order chi connectivity index (χ0) is 22.7. The first kappa shape index (κ1) is 19.9. The Labute approximate surface area is 193 Å². The first-order chi connectivity index (χ1) is 16.0. The van der Waals surface area contributed by atoms with Gasteiger partial charge in [-0.15, -0.1) is 0 Å². The molecule has 6 rings (SSSR count). The molecular weight excluding hydrogens is 432 g/mol. The van der Waals surface area contributed by atoms with Gasteiger partial charge >= 0.3 is 0 Å². The van der Waals surface area contributed by atoms with Gasteiger partial charge in [-0.3, -0.25) is 14.5 Å². The van der Waals surface area contributed by atoms with Crippen LogP contribution in [0.3, 0.4) is 0 Å². The van der Waals surface area contributed by atoms with Crippen LogP contribution in [0.15, 0.2) is 82.0 Å². The maximum Gasteiger partial charge on any atom is 0.297 e. The third-order valence-electron chi connectivity index (χ3n) is 6.17. The maximum absolute atomic E-state index is 13.7. The Bertz CT molecular complexity index is 1600. The van der Waals surface area contributed by atoms with E-state index >= 15 is 0 Å². The third-order valence-corrected chi connectivity index (χ3v) is 7.18. The van der Waals surface area contributed by atoms with Crippen LogP contribution in [0.25, 0.3) is 21.2 Å². The van der Waals surface area contributed by atoms with E-state index < -0.39 is 6.04 Å². The van der Waals surface area contributed by atoms with Gasteiger partial charge in [-0.1, -0.05) is 73.7 Å². The average molecular weight is 453 g/mol. The van der Waals surface area contributed by atoms with Crippen molar-refractivity contribution in [1.29, 1.82) is 0 Å². The van der Waals surface area contributed by atoms with Crippen LogP contribution in [0, 0.1) is 0 Å². The second-order valence-electron chi connectivity index (χ2n) is 8.54. The molecule has 2 aromatic heterocycles. The number of nitrogens with zero attached hydrogens (tertiary/aromatic N) is 2. The summed E-state index contributed by atoms with van der Waals surface area (Å²) in [6, 6.07) is 22.2. The van der Waals surface area contributed by atoms with Crippen molar-refractivity contribution in [3.63, 3.8) is 0 Å². The number of fused-ring (bicyclic) bond motifs is 3. The molecule has 0 aliphatic carbocycles. The van der Waals surface area contributed by atoms with Gasteiger partial charge in [-0.05, 0) is 41.3 Å². The SMILES string of the molecule is CC(C)c1ccc2nc(N3C(=O)c4oc5ccccc5c(=O)c4[C@H]3c3ccccc3)sc2c1. The van der Waals surface area contributed by atoms with E-state index in [0.717, 1.165) is 15.8 Å². The summed E-state index contributed by atoms with van der Waals surface area (Å²) in [5, 5.41) is 1.03. The molecule has 0 bridgehead atoms. The Morgan fingerprint density at radius 2 is 1.73 bits per heavy atom. The largest absolute Gasteiger partial charge is 0.450 e. The molecule has 33 heavy (non-hydrogen) atoms. The molecule has 0 N–H and O–H groups in total. The normalized spacial score (nSPS) is 15.7. The standard InChI is InChI=1S/C27H20N2O3S/c1-15(2)17-12-13-19-21(14-17)33-27(28-19)29-23(16-8-4-3-5-9-16)22-24(30)18-10-6-7-11-20(18)32-25(22)26(29)31/h3-15,23H,1-2H3/t23-/m1/s1. The highest BCUT2D eigenvalue weighted by atomic mass is 32.1. The quantitative estimate of drug-likeness (QED) is 0.323. The number of para-hydroxylation sites is 1. The smallest absolute Gasteiger partial charge is 0.297 e. The Balaban J connectivity index is 1.60. The van der Waals surface area contributed by atoms with Gasteiger partial charge in [0, 0.05) is 0 Å². The lowest BCUT2D eigenvalue weighted by molar-refractivity contribution is 0.0971. The minimum Gasteiger partial charge on any atom is -0.450 e. The molecule has 0 radical (unpaired) electrons. The van der Waals surface area contributed by atoms with Crippen LogP contribution in [0.2, 0.25) is 0 Å². The van der Waals surface area contributed by atoms with Gasteiger partial charge in [0.05, 0.1) is 27.2 Å². The van der Waals surface area contributed by atoms with Gasteiger partial charge < -0.3 is 4.42 Å². The number of thiazole rings is 1. The second-order valence-corrected chi connectivity index (χ2v) is 9.55. The lowest BCUT2D eigenvalue weighted by Gasteiger charge is -2.22. The van der Waals surface area contributed by atoms with Crippen molar-refractivity contribution < 1.29 is 9.21 Å². The van der Waals surface area contributed by atoms with Crippen LogP contribution >= 0.6 is 11.3 Å². The van der Waals surface area contributed by atoms with Crippen molar-refractivity contribution in [3.05, 3.63) is 105 Å². The molecule has 3 aromatic carbocycles. The van der Waals surface area contributed by atoms with Gasteiger partial charge in [0.1, 0.15) is 5.58 Å². The summed E-state index contributed by atoms with van der Waals surface area (Å²) in [5.74, 6) is 0.142. The van der Waals surface area contributed by atoms with Crippen molar-refractivity contribution >= 4 is 43.6 Å². The highest BCUT2D eigenvalue weighted by Crippen LogP contribution is 2.43. The van der Waals surface area contributed by atoms with E-state index in [1.54, 1.807) is 29.2 Å². The number of benzene rings is 3. The molecule has 1 aliphatic rings. The molecule has 0 fully saturated rings. The second kappa shape index (κ2) is 7.39. The summed E-state index contributed by atoms with van der Waals surface area (Å²) in [6.45, 7) is 4.30. The van der Waals surface area contributed by atoms with Crippen LogP contribution < -0.4 is 10.3 Å². The number of carbonyl (C=O) groups excluding carboxylic acids is 1. The van der Waals surface area contributed by atoms with E-state index in [1.807, 2.05) is 36.4 Å². The maximum atomic E-state index is 13.7. The zero-order valence-electron chi connectivity index (χ0n) is 18.1. The minimum atomic E-state index is -0.598. The average Bonchev–Trinajstić information content (AvgIpc) is 3.38. The highest BCUT2D eigenvalue weighted by molar-refractivity contribution is 7.22. The summed E-state index contributed by atoms with van der Waals surface area (Å²) < 4.78 is 7.02. The molecule has 3 heterocycles. The van der Waals surface area contributed by atoms with E-state index in [1.165, 1.54) is 16.9 Å². The van der Waals surface area contributed by atoms with Crippen molar-refractivity contribution in [3.8, 4) is 0 Å². The number of anilines is 1. The molecule has 0 unspecified atom stereocenters. The molecular formula is C27H20N2O3S. The number of rotatable bonds is 3. The Hall–Kier alpha value is -3.77. The Morgan fingerprint density at radius 1 is 0.970 bits per heavy atom. The molecule has 1 aliphatic heterocycles. The van der Waals surface area contributed by atoms with Gasteiger partial charge in [-0.25, -0.2) is 4.98 Å². The summed E-state index contributed by atoms with van der Waals surface area (Å²) in [6.07, 6.45) is 0. The number of hydrogen-bond acceptors (Lipinski definition) is 5. The fourth-order valence-electron chi connectivity index (χ4n) is 4.46. The topological polar surface area (TPSA) is 63.4 Å². The lowest BCUT2D eigenvalue weighted by Crippen LogP contribution is -2.29. The predicted molar refractivity (Wildman–Crippen MR) is 131 cm³/mol. The lowest BCUT2D eigenvalue weighted by atomic mass is 9.99. The van der Waals surface area contributed by atoms with E-state index in [9.17, 15) is 9.59 Å². The van der Waals surface area contributed by atoms with Crippen molar-refractivity contribution in [2.45, 2.75) is 25.8 Å². The summed E-state index contributed by atoms with van der Waals surface area (Å²) in [7, 11) is 0. The van der Waals surface area contributed by atoms with E-state index in [4.69, 9.17) is 9.40 Å². The van der Waals surface area contributed by atoms with E-state index in [-0.39, 0.29) is 17.1 Å². The molecule has 0 saturated carbocycles. The van der Waals surface area contributed by atoms with Crippen LogP contribution in [0.4, 0.5) is 5.13 Å². The predicted octanol–water partition coefficient (Wildman–Crippen LogP) is 6.28. The summed E-state index contributed by atoms with van der Waals surface area (Å²) in [4.78, 5) is 33.6. The molecule has 162 valence electrons. The van der Waals surface area contributed by atoms with Crippen molar-refractivity contribution in [2.24, 2.45) is 0 Å². The molecule has 5 nitrogen and oxygen atoms in total. The summed E-state index contributed by atoms with van der Waals surface area (Å²) in [5.41, 5.74) is 3.49. The molecule has 6 heteroatoms. The van der Waals surface area contributed by atoms with E-state index in [0.29, 0.717) is 27.6 Å².